The predicted molar refractivity (Wildman–Crippen MR) is 85.0 cm³/mol. The van der Waals surface area contributed by atoms with E-state index < -0.39 is 6.04 Å². The van der Waals surface area contributed by atoms with Crippen molar-refractivity contribution in [3.05, 3.63) is 23.8 Å². The smallest absolute Gasteiger partial charge is 0.253 e. The summed E-state index contributed by atoms with van der Waals surface area (Å²) in [6.45, 7) is 1.97. The van der Waals surface area contributed by atoms with Gasteiger partial charge in [-0.2, -0.15) is 0 Å². The molecular formula is C16H23N3O3. The lowest BCUT2D eigenvalue weighted by Crippen LogP contribution is -2.36. The van der Waals surface area contributed by atoms with E-state index in [0.29, 0.717) is 23.4 Å². The third-order valence-corrected chi connectivity index (χ3v) is 3.58. The standard InChI is InChI=1S/C16H23N3O3/c1-3-4-13(17)16(21)19-14-8-7-11(22-2)9-12(14)15(20)18-10-5-6-10/h7-10,13H,3-6,17H2,1-2H3,(H,18,20)(H,19,21). The Balaban J connectivity index is 2.17. The molecule has 0 bridgehead atoms. The normalized spacial score (nSPS) is 15.0. The molecule has 0 spiro atoms. The van der Waals surface area contributed by atoms with E-state index in [9.17, 15) is 9.59 Å². The second-order valence-corrected chi connectivity index (χ2v) is 5.54. The van der Waals surface area contributed by atoms with E-state index in [1.165, 1.54) is 7.11 Å². The number of hydrogen-bond acceptors (Lipinski definition) is 4. The minimum atomic E-state index is -0.577. The number of hydrogen-bond donors (Lipinski definition) is 3. The van der Waals surface area contributed by atoms with Crippen LogP contribution in [-0.2, 0) is 4.79 Å². The van der Waals surface area contributed by atoms with Crippen molar-refractivity contribution in [2.45, 2.75) is 44.7 Å². The number of methoxy groups -OCH3 is 1. The van der Waals surface area contributed by atoms with Crippen molar-refractivity contribution in [3.8, 4) is 5.75 Å². The van der Waals surface area contributed by atoms with Gasteiger partial charge < -0.3 is 21.1 Å². The topological polar surface area (TPSA) is 93.5 Å². The molecule has 1 atom stereocenters. The van der Waals surface area contributed by atoms with Gasteiger partial charge in [0.25, 0.3) is 5.91 Å². The molecule has 1 aromatic rings. The third kappa shape index (κ3) is 4.21. The first-order chi connectivity index (χ1) is 10.5. The summed E-state index contributed by atoms with van der Waals surface area (Å²) < 4.78 is 5.15. The number of ether oxygens (including phenoxy) is 1. The van der Waals surface area contributed by atoms with E-state index in [2.05, 4.69) is 10.6 Å². The van der Waals surface area contributed by atoms with Crippen molar-refractivity contribution >= 4 is 17.5 Å². The molecule has 1 saturated carbocycles. The molecule has 1 fully saturated rings. The van der Waals surface area contributed by atoms with Crippen LogP contribution in [0.1, 0.15) is 43.0 Å². The number of carbonyl (C=O) groups is 2. The molecule has 6 nitrogen and oxygen atoms in total. The summed E-state index contributed by atoms with van der Waals surface area (Å²) in [5.41, 5.74) is 6.66. The van der Waals surface area contributed by atoms with Gasteiger partial charge in [-0.25, -0.2) is 0 Å². The molecule has 0 radical (unpaired) electrons. The number of anilines is 1. The fourth-order valence-electron chi connectivity index (χ4n) is 2.11. The lowest BCUT2D eigenvalue weighted by molar-refractivity contribution is -0.117. The van der Waals surface area contributed by atoms with Gasteiger partial charge in [0.15, 0.2) is 0 Å². The van der Waals surface area contributed by atoms with E-state index in [-0.39, 0.29) is 17.9 Å². The number of carbonyl (C=O) groups excluding carboxylic acids is 2. The van der Waals surface area contributed by atoms with Crippen molar-refractivity contribution in [1.82, 2.24) is 5.32 Å². The molecule has 1 aliphatic carbocycles. The van der Waals surface area contributed by atoms with Crippen LogP contribution in [-0.4, -0.2) is 31.0 Å². The lowest BCUT2D eigenvalue weighted by atomic mass is 10.1. The number of nitrogens with two attached hydrogens (primary N) is 1. The van der Waals surface area contributed by atoms with Crippen molar-refractivity contribution < 1.29 is 14.3 Å². The van der Waals surface area contributed by atoms with Crippen molar-refractivity contribution in [2.75, 3.05) is 12.4 Å². The number of amides is 2. The van der Waals surface area contributed by atoms with Crippen LogP contribution >= 0.6 is 0 Å². The predicted octanol–water partition coefficient (Wildman–Crippen LogP) is 1.65. The first kappa shape index (κ1) is 16.3. The van der Waals surface area contributed by atoms with Gasteiger partial charge in [0, 0.05) is 6.04 Å². The van der Waals surface area contributed by atoms with Crippen molar-refractivity contribution in [2.24, 2.45) is 5.73 Å². The minimum absolute atomic E-state index is 0.208. The van der Waals surface area contributed by atoms with Gasteiger partial charge >= 0.3 is 0 Å². The quantitative estimate of drug-likeness (QED) is 0.714. The zero-order chi connectivity index (χ0) is 16.1. The Morgan fingerprint density at radius 2 is 2.14 bits per heavy atom. The average Bonchev–Trinajstić information content (AvgIpc) is 3.31. The molecular weight excluding hydrogens is 282 g/mol. The summed E-state index contributed by atoms with van der Waals surface area (Å²) in [6.07, 6.45) is 3.43. The Labute approximate surface area is 130 Å². The molecule has 4 N–H and O–H groups in total. The number of nitrogens with one attached hydrogen (secondary N) is 2. The van der Waals surface area contributed by atoms with Crippen LogP contribution in [0.15, 0.2) is 18.2 Å². The maximum atomic E-state index is 12.3. The van der Waals surface area contributed by atoms with E-state index in [4.69, 9.17) is 10.5 Å². The van der Waals surface area contributed by atoms with E-state index in [1.54, 1.807) is 18.2 Å². The van der Waals surface area contributed by atoms with Crippen LogP contribution in [0.5, 0.6) is 5.75 Å². The SMILES string of the molecule is CCCC(N)C(=O)Nc1ccc(OC)cc1C(=O)NC1CC1. The van der Waals surface area contributed by atoms with Crippen molar-refractivity contribution in [3.63, 3.8) is 0 Å². The van der Waals surface area contributed by atoms with E-state index in [0.717, 1.165) is 19.3 Å². The van der Waals surface area contributed by atoms with E-state index in [1.807, 2.05) is 6.92 Å². The molecule has 120 valence electrons. The molecule has 0 saturated heterocycles. The summed E-state index contributed by atoms with van der Waals surface area (Å²) >= 11 is 0. The Hall–Kier alpha value is -2.08. The highest BCUT2D eigenvalue weighted by molar-refractivity contribution is 6.05. The first-order valence-corrected chi connectivity index (χ1v) is 7.60. The highest BCUT2D eigenvalue weighted by Gasteiger charge is 2.25. The Kier molecular flexibility index (Phi) is 5.38. The summed E-state index contributed by atoms with van der Waals surface area (Å²) in [7, 11) is 1.54. The Morgan fingerprint density at radius 1 is 1.41 bits per heavy atom. The van der Waals surface area contributed by atoms with Crippen LogP contribution in [0.25, 0.3) is 0 Å². The third-order valence-electron chi connectivity index (χ3n) is 3.58. The van der Waals surface area contributed by atoms with Gasteiger partial charge in [-0.05, 0) is 37.5 Å². The molecule has 1 aromatic carbocycles. The molecule has 1 aliphatic rings. The van der Waals surface area contributed by atoms with Gasteiger partial charge in [-0.1, -0.05) is 13.3 Å². The fraction of sp³-hybridized carbons (Fsp3) is 0.500. The molecule has 2 amide bonds. The van der Waals surface area contributed by atoms with Gasteiger partial charge in [-0.15, -0.1) is 0 Å². The van der Waals surface area contributed by atoms with Crippen molar-refractivity contribution in [1.29, 1.82) is 0 Å². The molecule has 0 aromatic heterocycles. The van der Waals surface area contributed by atoms with Gasteiger partial charge in [-0.3, -0.25) is 9.59 Å². The molecule has 1 unspecified atom stereocenters. The summed E-state index contributed by atoms with van der Waals surface area (Å²) in [5.74, 6) is 0.0741. The van der Waals surface area contributed by atoms with Gasteiger partial charge in [0.1, 0.15) is 5.75 Å². The average molecular weight is 305 g/mol. The molecule has 6 heteroatoms. The largest absolute Gasteiger partial charge is 0.497 e. The van der Waals surface area contributed by atoms with Gasteiger partial charge in [0.05, 0.1) is 24.4 Å². The molecule has 22 heavy (non-hydrogen) atoms. The van der Waals surface area contributed by atoms with Gasteiger partial charge in [0.2, 0.25) is 5.91 Å². The Bertz CT molecular complexity index is 556. The van der Waals surface area contributed by atoms with Crippen LogP contribution in [0.2, 0.25) is 0 Å². The molecule has 2 rings (SSSR count). The number of rotatable bonds is 7. The second-order valence-electron chi connectivity index (χ2n) is 5.54. The zero-order valence-electron chi connectivity index (χ0n) is 13.0. The highest BCUT2D eigenvalue weighted by Crippen LogP contribution is 2.25. The van der Waals surface area contributed by atoms with Crippen LogP contribution < -0.4 is 21.1 Å². The fourth-order valence-corrected chi connectivity index (χ4v) is 2.11. The molecule has 0 aliphatic heterocycles. The lowest BCUT2D eigenvalue weighted by Gasteiger charge is -2.15. The maximum Gasteiger partial charge on any atom is 0.253 e. The Morgan fingerprint density at radius 3 is 2.73 bits per heavy atom. The second kappa shape index (κ2) is 7.26. The molecule has 0 heterocycles. The maximum absolute atomic E-state index is 12.3. The zero-order valence-corrected chi connectivity index (χ0v) is 13.0. The minimum Gasteiger partial charge on any atom is -0.497 e. The van der Waals surface area contributed by atoms with Crippen LogP contribution in [0.4, 0.5) is 5.69 Å². The van der Waals surface area contributed by atoms with Crippen LogP contribution in [0, 0.1) is 0 Å². The monoisotopic (exact) mass is 305 g/mol. The highest BCUT2D eigenvalue weighted by atomic mass is 16.5. The van der Waals surface area contributed by atoms with Crippen LogP contribution in [0.3, 0.4) is 0 Å². The summed E-state index contributed by atoms with van der Waals surface area (Å²) in [6, 6.07) is 4.65. The summed E-state index contributed by atoms with van der Waals surface area (Å²) in [4.78, 5) is 24.4. The van der Waals surface area contributed by atoms with E-state index >= 15 is 0 Å². The number of benzene rings is 1. The first-order valence-electron chi connectivity index (χ1n) is 7.60. The summed E-state index contributed by atoms with van der Waals surface area (Å²) in [5, 5.41) is 5.65.